The summed E-state index contributed by atoms with van der Waals surface area (Å²) in [5.74, 6) is 1.87. The van der Waals surface area contributed by atoms with Crippen molar-refractivity contribution in [3.05, 3.63) is 17.7 Å². The molecule has 1 aromatic rings. The van der Waals surface area contributed by atoms with Crippen molar-refractivity contribution >= 4 is 0 Å². The van der Waals surface area contributed by atoms with Crippen molar-refractivity contribution < 1.29 is 19.3 Å². The van der Waals surface area contributed by atoms with E-state index in [1.165, 1.54) is 0 Å². The van der Waals surface area contributed by atoms with Crippen molar-refractivity contribution in [2.75, 3.05) is 21.3 Å². The minimum Gasteiger partial charge on any atom is -0.496 e. The van der Waals surface area contributed by atoms with Gasteiger partial charge in [-0.2, -0.15) is 0 Å². The molecule has 0 heterocycles. The lowest BCUT2D eigenvalue weighted by Gasteiger charge is -2.20. The first kappa shape index (κ1) is 13.6. The smallest absolute Gasteiger partial charge is 0.164 e. The fraction of sp³-hybridized carbons (Fsp3) is 0.538. The van der Waals surface area contributed by atoms with E-state index < -0.39 is 6.10 Å². The molecule has 1 rings (SSSR count). The Hall–Kier alpha value is -1.42. The standard InChI is InChI=1S/C13H20O4/c1-8(2)13(14)9-6-11(16-4)12(17-5)7-10(9)15-3/h6-8,13-14H,1-5H3. The number of methoxy groups -OCH3 is 3. The Bertz CT molecular complexity index is 374. The maximum atomic E-state index is 10.1. The molecular weight excluding hydrogens is 220 g/mol. The van der Waals surface area contributed by atoms with Crippen LogP contribution in [0.5, 0.6) is 17.2 Å². The van der Waals surface area contributed by atoms with Crippen LogP contribution in [0.15, 0.2) is 12.1 Å². The maximum Gasteiger partial charge on any atom is 0.164 e. The molecule has 4 nitrogen and oxygen atoms in total. The first-order valence-electron chi connectivity index (χ1n) is 5.53. The van der Waals surface area contributed by atoms with Crippen molar-refractivity contribution in [2.24, 2.45) is 5.92 Å². The molecule has 1 aromatic carbocycles. The molecule has 1 atom stereocenters. The second kappa shape index (κ2) is 5.77. The van der Waals surface area contributed by atoms with Crippen LogP contribution in [-0.4, -0.2) is 26.4 Å². The van der Waals surface area contributed by atoms with E-state index in [4.69, 9.17) is 14.2 Å². The van der Waals surface area contributed by atoms with E-state index in [0.29, 0.717) is 22.8 Å². The Kier molecular flexibility index (Phi) is 4.63. The highest BCUT2D eigenvalue weighted by molar-refractivity contribution is 5.51. The van der Waals surface area contributed by atoms with Gasteiger partial charge in [0.1, 0.15) is 5.75 Å². The molecule has 0 aliphatic carbocycles. The minimum absolute atomic E-state index is 0.0991. The van der Waals surface area contributed by atoms with Gasteiger partial charge in [-0.3, -0.25) is 0 Å². The summed E-state index contributed by atoms with van der Waals surface area (Å²) in [5.41, 5.74) is 0.708. The van der Waals surface area contributed by atoms with Gasteiger partial charge in [-0.15, -0.1) is 0 Å². The summed E-state index contributed by atoms with van der Waals surface area (Å²) in [6.45, 7) is 3.89. The van der Waals surface area contributed by atoms with Crippen LogP contribution < -0.4 is 14.2 Å². The highest BCUT2D eigenvalue weighted by Crippen LogP contribution is 2.39. The highest BCUT2D eigenvalue weighted by atomic mass is 16.5. The summed E-state index contributed by atoms with van der Waals surface area (Å²) in [7, 11) is 4.70. The first-order valence-corrected chi connectivity index (χ1v) is 5.53. The zero-order chi connectivity index (χ0) is 13.0. The largest absolute Gasteiger partial charge is 0.496 e. The molecule has 1 unspecified atom stereocenters. The quantitative estimate of drug-likeness (QED) is 0.858. The van der Waals surface area contributed by atoms with Crippen LogP contribution in [0.2, 0.25) is 0 Å². The molecule has 17 heavy (non-hydrogen) atoms. The Morgan fingerprint density at radius 3 is 1.76 bits per heavy atom. The van der Waals surface area contributed by atoms with Crippen molar-refractivity contribution in [1.82, 2.24) is 0 Å². The van der Waals surface area contributed by atoms with Crippen LogP contribution in [-0.2, 0) is 0 Å². The van der Waals surface area contributed by atoms with E-state index in [1.54, 1.807) is 33.5 Å². The molecule has 0 spiro atoms. The van der Waals surface area contributed by atoms with Gasteiger partial charge in [0, 0.05) is 11.6 Å². The summed E-state index contributed by atoms with van der Waals surface area (Å²) in [6.07, 6.45) is -0.593. The molecular formula is C13H20O4. The van der Waals surface area contributed by atoms with Gasteiger partial charge in [0.05, 0.1) is 27.4 Å². The summed E-state index contributed by atoms with van der Waals surface area (Å²) < 4.78 is 15.7. The van der Waals surface area contributed by atoms with Crippen molar-refractivity contribution in [3.63, 3.8) is 0 Å². The lowest BCUT2D eigenvalue weighted by Crippen LogP contribution is -2.08. The maximum absolute atomic E-state index is 10.1. The molecule has 0 amide bonds. The third-order valence-electron chi connectivity index (χ3n) is 2.69. The van der Waals surface area contributed by atoms with E-state index in [9.17, 15) is 5.11 Å². The van der Waals surface area contributed by atoms with Crippen molar-refractivity contribution in [2.45, 2.75) is 20.0 Å². The summed E-state index contributed by atoms with van der Waals surface area (Å²) >= 11 is 0. The molecule has 0 saturated heterocycles. The van der Waals surface area contributed by atoms with Gasteiger partial charge in [-0.1, -0.05) is 13.8 Å². The average Bonchev–Trinajstić information content (AvgIpc) is 2.35. The Morgan fingerprint density at radius 2 is 1.35 bits per heavy atom. The van der Waals surface area contributed by atoms with Crippen LogP contribution in [0.3, 0.4) is 0 Å². The lowest BCUT2D eigenvalue weighted by atomic mass is 9.98. The minimum atomic E-state index is -0.593. The second-order valence-electron chi connectivity index (χ2n) is 4.14. The van der Waals surface area contributed by atoms with E-state index >= 15 is 0 Å². The molecule has 0 aromatic heterocycles. The number of aliphatic hydroxyl groups is 1. The summed E-state index contributed by atoms with van der Waals surface area (Å²) in [5, 5.41) is 10.1. The number of aliphatic hydroxyl groups excluding tert-OH is 1. The van der Waals surface area contributed by atoms with E-state index in [-0.39, 0.29) is 5.92 Å². The molecule has 0 aliphatic heterocycles. The van der Waals surface area contributed by atoms with Crippen LogP contribution in [0.4, 0.5) is 0 Å². The lowest BCUT2D eigenvalue weighted by molar-refractivity contribution is 0.123. The number of hydrogen-bond acceptors (Lipinski definition) is 4. The fourth-order valence-electron chi connectivity index (χ4n) is 1.64. The Balaban J connectivity index is 3.28. The summed E-state index contributed by atoms with van der Waals surface area (Å²) in [4.78, 5) is 0. The topological polar surface area (TPSA) is 47.9 Å². The number of benzene rings is 1. The van der Waals surface area contributed by atoms with Gasteiger partial charge < -0.3 is 19.3 Å². The van der Waals surface area contributed by atoms with E-state index in [1.807, 2.05) is 13.8 Å². The van der Waals surface area contributed by atoms with Gasteiger partial charge in [0.25, 0.3) is 0 Å². The first-order chi connectivity index (χ1) is 8.04. The van der Waals surface area contributed by atoms with Crippen LogP contribution >= 0.6 is 0 Å². The average molecular weight is 240 g/mol. The third kappa shape index (κ3) is 2.82. The number of rotatable bonds is 5. The molecule has 0 radical (unpaired) electrons. The Morgan fingerprint density at radius 1 is 0.882 bits per heavy atom. The second-order valence-corrected chi connectivity index (χ2v) is 4.14. The highest BCUT2D eigenvalue weighted by Gasteiger charge is 2.20. The van der Waals surface area contributed by atoms with E-state index in [2.05, 4.69) is 0 Å². The molecule has 1 N–H and O–H groups in total. The van der Waals surface area contributed by atoms with E-state index in [0.717, 1.165) is 0 Å². The Labute approximate surface area is 102 Å². The molecule has 0 fully saturated rings. The fourth-order valence-corrected chi connectivity index (χ4v) is 1.64. The van der Waals surface area contributed by atoms with Gasteiger partial charge >= 0.3 is 0 Å². The van der Waals surface area contributed by atoms with Crippen LogP contribution in [0.1, 0.15) is 25.5 Å². The van der Waals surface area contributed by atoms with Crippen LogP contribution in [0.25, 0.3) is 0 Å². The predicted octanol–water partition coefficient (Wildman–Crippen LogP) is 2.40. The molecule has 4 heteroatoms. The normalized spacial score (nSPS) is 12.4. The molecule has 0 aliphatic rings. The number of hydrogen-bond donors (Lipinski definition) is 1. The zero-order valence-corrected chi connectivity index (χ0v) is 11.0. The number of ether oxygens (including phenoxy) is 3. The molecule has 96 valence electrons. The monoisotopic (exact) mass is 240 g/mol. The van der Waals surface area contributed by atoms with Gasteiger partial charge in [-0.25, -0.2) is 0 Å². The van der Waals surface area contributed by atoms with Gasteiger partial charge in [0.15, 0.2) is 11.5 Å². The summed E-state index contributed by atoms with van der Waals surface area (Å²) in [6, 6.07) is 3.47. The molecule has 0 saturated carbocycles. The predicted molar refractivity (Wildman–Crippen MR) is 65.9 cm³/mol. The molecule has 0 bridgehead atoms. The SMILES string of the molecule is COc1cc(OC)c(C(O)C(C)C)cc1OC. The van der Waals surface area contributed by atoms with Gasteiger partial charge in [0.2, 0.25) is 0 Å². The van der Waals surface area contributed by atoms with Crippen molar-refractivity contribution in [1.29, 1.82) is 0 Å². The van der Waals surface area contributed by atoms with Gasteiger partial charge in [-0.05, 0) is 12.0 Å². The third-order valence-corrected chi connectivity index (χ3v) is 2.69. The zero-order valence-electron chi connectivity index (χ0n) is 11.0. The van der Waals surface area contributed by atoms with Crippen molar-refractivity contribution in [3.8, 4) is 17.2 Å². The van der Waals surface area contributed by atoms with Crippen LogP contribution in [0, 0.1) is 5.92 Å².